The van der Waals surface area contributed by atoms with E-state index in [-0.39, 0.29) is 25.0 Å². The van der Waals surface area contributed by atoms with Crippen LogP contribution in [0.4, 0.5) is 5.00 Å². The molecule has 1 aromatic carbocycles. The van der Waals surface area contributed by atoms with Crippen LogP contribution in [0.2, 0.25) is 0 Å². The Balaban J connectivity index is 1.76. The minimum atomic E-state index is -0.462. The number of thiophene rings is 1. The molecule has 29 heavy (non-hydrogen) atoms. The Morgan fingerprint density at radius 2 is 1.93 bits per heavy atom. The number of nitrogens with zero attached hydrogens (tertiary/aromatic N) is 1. The summed E-state index contributed by atoms with van der Waals surface area (Å²) in [6.45, 7) is 6.27. The van der Waals surface area contributed by atoms with Crippen molar-refractivity contribution < 1.29 is 23.9 Å². The third-order valence-corrected chi connectivity index (χ3v) is 5.76. The highest BCUT2D eigenvalue weighted by molar-refractivity contribution is 7.17. The van der Waals surface area contributed by atoms with Crippen LogP contribution in [0.15, 0.2) is 24.3 Å². The number of benzene rings is 1. The van der Waals surface area contributed by atoms with Gasteiger partial charge in [-0.25, -0.2) is 4.79 Å². The molecule has 1 aromatic heterocycles. The Morgan fingerprint density at radius 1 is 1.21 bits per heavy atom. The van der Waals surface area contributed by atoms with Gasteiger partial charge in [0.25, 0.3) is 5.91 Å². The maximum absolute atomic E-state index is 12.5. The van der Waals surface area contributed by atoms with Crippen molar-refractivity contribution in [2.45, 2.75) is 33.7 Å². The maximum atomic E-state index is 12.5. The molecule has 2 amide bonds. The first-order chi connectivity index (χ1) is 13.9. The predicted octanol–water partition coefficient (Wildman–Crippen LogP) is 3.16. The van der Waals surface area contributed by atoms with Crippen molar-refractivity contribution in [3.63, 3.8) is 0 Å². The molecule has 2 heterocycles. The molecule has 0 spiro atoms. The molecule has 0 unspecified atom stereocenters. The molecule has 1 aliphatic heterocycles. The fourth-order valence-corrected chi connectivity index (χ4v) is 4.39. The lowest BCUT2D eigenvalue weighted by Crippen LogP contribution is -2.34. The molecular weight excluding hydrogens is 392 g/mol. The molecule has 0 bridgehead atoms. The van der Waals surface area contributed by atoms with E-state index in [4.69, 9.17) is 9.47 Å². The van der Waals surface area contributed by atoms with Crippen molar-refractivity contribution in [2.75, 3.05) is 25.1 Å². The number of ether oxygens (including phenoxy) is 2. The zero-order valence-electron chi connectivity index (χ0n) is 16.7. The van der Waals surface area contributed by atoms with Gasteiger partial charge in [0.2, 0.25) is 5.91 Å². The van der Waals surface area contributed by atoms with Crippen molar-refractivity contribution in [1.82, 2.24) is 4.90 Å². The Morgan fingerprint density at radius 3 is 2.59 bits per heavy atom. The van der Waals surface area contributed by atoms with E-state index in [9.17, 15) is 14.4 Å². The number of nitrogens with one attached hydrogen (secondary N) is 1. The first-order valence-electron chi connectivity index (χ1n) is 9.45. The second-order valence-corrected chi connectivity index (χ2v) is 7.87. The van der Waals surface area contributed by atoms with E-state index in [2.05, 4.69) is 5.32 Å². The molecule has 0 atom stereocenters. The van der Waals surface area contributed by atoms with Gasteiger partial charge in [-0.05, 0) is 38.0 Å². The standard InChI is InChI=1S/C21H24N2O5S/c1-4-27-21(26)19-16-9-10-23(14(3)24)11-17(16)29-20(19)22-18(25)12-28-15-7-5-13(2)6-8-15/h5-8H,4,9-12H2,1-3H3,(H,22,25). The molecule has 0 radical (unpaired) electrons. The van der Waals surface area contributed by atoms with E-state index < -0.39 is 5.97 Å². The molecule has 1 N–H and O–H groups in total. The van der Waals surface area contributed by atoms with Crippen LogP contribution in [0.5, 0.6) is 5.75 Å². The van der Waals surface area contributed by atoms with Gasteiger partial charge in [0.05, 0.1) is 18.7 Å². The third kappa shape index (κ3) is 4.95. The number of amides is 2. The van der Waals surface area contributed by atoms with Crippen LogP contribution in [0.1, 0.15) is 40.2 Å². The highest BCUT2D eigenvalue weighted by atomic mass is 32.1. The Kier molecular flexibility index (Phi) is 6.53. The summed E-state index contributed by atoms with van der Waals surface area (Å²) in [5, 5.41) is 3.22. The van der Waals surface area contributed by atoms with Crippen LogP contribution < -0.4 is 10.1 Å². The van der Waals surface area contributed by atoms with Crippen LogP contribution >= 0.6 is 11.3 Å². The maximum Gasteiger partial charge on any atom is 0.341 e. The topological polar surface area (TPSA) is 84.9 Å². The molecule has 7 nitrogen and oxygen atoms in total. The molecule has 0 saturated carbocycles. The monoisotopic (exact) mass is 416 g/mol. The van der Waals surface area contributed by atoms with Crippen LogP contribution in [-0.4, -0.2) is 42.4 Å². The molecule has 0 saturated heterocycles. The van der Waals surface area contributed by atoms with E-state index in [1.807, 2.05) is 19.1 Å². The van der Waals surface area contributed by atoms with Gasteiger partial charge in [-0.1, -0.05) is 17.7 Å². The molecule has 2 aromatic rings. The van der Waals surface area contributed by atoms with Gasteiger partial charge in [-0.3, -0.25) is 9.59 Å². The smallest absolute Gasteiger partial charge is 0.341 e. The van der Waals surface area contributed by atoms with E-state index in [0.29, 0.717) is 35.8 Å². The second-order valence-electron chi connectivity index (χ2n) is 6.77. The number of fused-ring (bicyclic) bond motifs is 1. The minimum Gasteiger partial charge on any atom is -0.484 e. The minimum absolute atomic E-state index is 0.0150. The zero-order valence-corrected chi connectivity index (χ0v) is 17.6. The molecular formula is C21H24N2O5S. The Hall–Kier alpha value is -2.87. The number of esters is 1. The highest BCUT2D eigenvalue weighted by Gasteiger charge is 2.30. The summed E-state index contributed by atoms with van der Waals surface area (Å²) in [5.41, 5.74) is 2.34. The van der Waals surface area contributed by atoms with Gasteiger partial charge in [-0.15, -0.1) is 11.3 Å². The summed E-state index contributed by atoms with van der Waals surface area (Å²) >= 11 is 1.31. The van der Waals surface area contributed by atoms with Crippen molar-refractivity contribution in [2.24, 2.45) is 0 Å². The van der Waals surface area contributed by atoms with Crippen molar-refractivity contribution in [3.05, 3.63) is 45.8 Å². The van der Waals surface area contributed by atoms with Gasteiger partial charge in [0.1, 0.15) is 10.8 Å². The van der Waals surface area contributed by atoms with Crippen LogP contribution in [0, 0.1) is 6.92 Å². The zero-order chi connectivity index (χ0) is 21.0. The fourth-order valence-electron chi connectivity index (χ4n) is 3.13. The van der Waals surface area contributed by atoms with E-state index in [1.54, 1.807) is 24.0 Å². The average molecular weight is 416 g/mol. The molecule has 8 heteroatoms. The number of anilines is 1. The molecule has 0 aliphatic carbocycles. The summed E-state index contributed by atoms with van der Waals surface area (Å²) in [5.74, 6) is -0.244. The fraction of sp³-hybridized carbons (Fsp3) is 0.381. The number of hydrogen-bond acceptors (Lipinski definition) is 6. The van der Waals surface area contributed by atoms with Gasteiger partial charge in [-0.2, -0.15) is 0 Å². The summed E-state index contributed by atoms with van der Waals surface area (Å²) in [7, 11) is 0. The van der Waals surface area contributed by atoms with Gasteiger partial charge < -0.3 is 19.7 Å². The number of carbonyl (C=O) groups excluding carboxylic acids is 3. The number of carbonyl (C=O) groups is 3. The van der Waals surface area contributed by atoms with E-state index >= 15 is 0 Å². The van der Waals surface area contributed by atoms with Crippen LogP contribution in [0.25, 0.3) is 0 Å². The van der Waals surface area contributed by atoms with Crippen LogP contribution in [0.3, 0.4) is 0 Å². The second kappa shape index (κ2) is 9.09. The lowest BCUT2D eigenvalue weighted by atomic mass is 10.0. The van der Waals surface area contributed by atoms with E-state index in [1.165, 1.54) is 18.3 Å². The summed E-state index contributed by atoms with van der Waals surface area (Å²) in [6, 6.07) is 7.40. The third-order valence-electron chi connectivity index (χ3n) is 4.63. The van der Waals surface area contributed by atoms with Crippen molar-refractivity contribution in [1.29, 1.82) is 0 Å². The first kappa shape index (κ1) is 20.9. The molecule has 3 rings (SSSR count). The van der Waals surface area contributed by atoms with Crippen molar-refractivity contribution in [3.8, 4) is 5.75 Å². The lowest BCUT2D eigenvalue weighted by Gasteiger charge is -2.25. The SMILES string of the molecule is CCOC(=O)c1c(NC(=O)COc2ccc(C)cc2)sc2c1CCN(C(C)=O)C2. The molecule has 154 valence electrons. The summed E-state index contributed by atoms with van der Waals surface area (Å²) in [4.78, 5) is 39.3. The Labute approximate surface area is 173 Å². The molecule has 0 fully saturated rings. The van der Waals surface area contributed by atoms with Crippen molar-refractivity contribution >= 4 is 34.1 Å². The van der Waals surface area contributed by atoms with E-state index in [0.717, 1.165) is 16.0 Å². The molecule has 1 aliphatic rings. The van der Waals surface area contributed by atoms with Crippen LogP contribution in [-0.2, 0) is 27.3 Å². The number of rotatable bonds is 6. The Bertz CT molecular complexity index is 920. The predicted molar refractivity (Wildman–Crippen MR) is 110 cm³/mol. The normalized spacial score (nSPS) is 12.9. The number of hydrogen-bond donors (Lipinski definition) is 1. The summed E-state index contributed by atoms with van der Waals surface area (Å²) in [6.07, 6.45) is 0.551. The lowest BCUT2D eigenvalue weighted by molar-refractivity contribution is -0.129. The average Bonchev–Trinajstić information content (AvgIpc) is 3.04. The first-order valence-corrected chi connectivity index (χ1v) is 10.3. The largest absolute Gasteiger partial charge is 0.484 e. The summed E-state index contributed by atoms with van der Waals surface area (Å²) < 4.78 is 10.7. The number of aryl methyl sites for hydroxylation is 1. The van der Waals surface area contributed by atoms with Gasteiger partial charge in [0.15, 0.2) is 6.61 Å². The van der Waals surface area contributed by atoms with Gasteiger partial charge >= 0.3 is 5.97 Å². The highest BCUT2D eigenvalue weighted by Crippen LogP contribution is 2.37. The quantitative estimate of drug-likeness (QED) is 0.731. The van der Waals surface area contributed by atoms with Gasteiger partial charge in [0, 0.05) is 18.3 Å².